The highest BCUT2D eigenvalue weighted by atomic mass is 35.5. The minimum Gasteiger partial charge on any atom is -0.379 e. The van der Waals surface area contributed by atoms with Gasteiger partial charge in [0.1, 0.15) is 16.8 Å². The summed E-state index contributed by atoms with van der Waals surface area (Å²) in [6.45, 7) is 8.03. The topological polar surface area (TPSA) is 62.6 Å². The summed E-state index contributed by atoms with van der Waals surface area (Å²) in [6, 6.07) is 7.08. The van der Waals surface area contributed by atoms with Crippen molar-refractivity contribution in [3.05, 3.63) is 58.6 Å². The van der Waals surface area contributed by atoms with Gasteiger partial charge in [0.15, 0.2) is 6.10 Å². The van der Waals surface area contributed by atoms with Gasteiger partial charge in [-0.3, -0.25) is 4.40 Å². The predicted molar refractivity (Wildman–Crippen MR) is 103 cm³/mol. The summed E-state index contributed by atoms with van der Waals surface area (Å²) in [5.74, 6) is -0.0322. The van der Waals surface area contributed by atoms with Crippen LogP contribution in [0.5, 0.6) is 0 Å². The van der Waals surface area contributed by atoms with Crippen LogP contribution in [0.25, 0.3) is 5.52 Å². The molecule has 0 aromatic carbocycles. The lowest BCUT2D eigenvalue weighted by atomic mass is 10.2. The predicted octanol–water partition coefficient (Wildman–Crippen LogP) is 4.39. The van der Waals surface area contributed by atoms with Crippen LogP contribution in [0.3, 0.4) is 0 Å². The van der Waals surface area contributed by atoms with E-state index in [0.29, 0.717) is 35.4 Å². The van der Waals surface area contributed by atoms with E-state index in [1.54, 1.807) is 18.3 Å². The van der Waals surface area contributed by atoms with Crippen LogP contribution in [0.2, 0.25) is 30.8 Å². The monoisotopic (exact) mass is 395 g/mol. The van der Waals surface area contributed by atoms with Crippen molar-refractivity contribution in [2.45, 2.75) is 38.4 Å². The minimum absolute atomic E-state index is 0.313. The summed E-state index contributed by atoms with van der Waals surface area (Å²) in [7, 11) is -1.12. The van der Waals surface area contributed by atoms with Gasteiger partial charge >= 0.3 is 0 Å². The van der Waals surface area contributed by atoms with Gasteiger partial charge in [-0.1, -0.05) is 31.2 Å². The molecule has 1 atom stereocenters. The number of fused-ring (bicyclic) bond motifs is 1. The summed E-state index contributed by atoms with van der Waals surface area (Å²) >= 11 is 6.15. The molecule has 140 valence electrons. The van der Waals surface area contributed by atoms with E-state index in [4.69, 9.17) is 16.3 Å². The van der Waals surface area contributed by atoms with Crippen LogP contribution in [0.4, 0.5) is 4.39 Å². The smallest absolute Gasteiger partial charge is 0.152 e. The average Bonchev–Trinajstić information content (AvgIpc) is 3.19. The number of pyridine rings is 1. The second kappa shape index (κ2) is 7.52. The molecule has 0 bridgehead atoms. The van der Waals surface area contributed by atoms with Crippen LogP contribution in [0.15, 0.2) is 30.5 Å². The van der Waals surface area contributed by atoms with E-state index >= 15 is 0 Å². The number of nitrogens with one attached hydrogen (secondary N) is 1. The molecule has 0 aliphatic heterocycles. The summed E-state index contributed by atoms with van der Waals surface area (Å²) in [6.07, 6.45) is 0.587. The molecule has 0 spiro atoms. The number of aromatic amines is 1. The molecule has 8 heteroatoms. The first kappa shape index (κ1) is 19.1. The summed E-state index contributed by atoms with van der Waals surface area (Å²) < 4.78 is 21.1. The largest absolute Gasteiger partial charge is 0.379 e. The summed E-state index contributed by atoms with van der Waals surface area (Å²) in [4.78, 5) is 7.31. The molecule has 0 saturated heterocycles. The van der Waals surface area contributed by atoms with E-state index in [1.807, 2.05) is 0 Å². The van der Waals surface area contributed by atoms with Gasteiger partial charge < -0.3 is 14.8 Å². The zero-order chi connectivity index (χ0) is 18.9. The van der Waals surface area contributed by atoms with Crippen LogP contribution >= 0.6 is 11.6 Å². The van der Waals surface area contributed by atoms with Crippen molar-refractivity contribution in [1.29, 1.82) is 0 Å². The molecule has 0 radical (unpaired) electrons. The Morgan fingerprint density at radius 2 is 2.08 bits per heavy atom. The Morgan fingerprint density at radius 1 is 1.31 bits per heavy atom. The van der Waals surface area contributed by atoms with Gasteiger partial charge in [0.25, 0.3) is 0 Å². The van der Waals surface area contributed by atoms with E-state index in [0.717, 1.165) is 11.7 Å². The van der Waals surface area contributed by atoms with E-state index < -0.39 is 20.0 Å². The third kappa shape index (κ3) is 4.17. The average molecular weight is 396 g/mol. The molecule has 0 aliphatic carbocycles. The summed E-state index contributed by atoms with van der Waals surface area (Å²) in [5, 5.41) is 11.0. The number of rotatable bonds is 7. The van der Waals surface area contributed by atoms with Crippen molar-refractivity contribution in [1.82, 2.24) is 14.4 Å². The quantitative estimate of drug-likeness (QED) is 0.460. The molecule has 0 amide bonds. The normalized spacial score (nSPS) is 13.5. The fourth-order valence-electron chi connectivity index (χ4n) is 2.68. The van der Waals surface area contributed by atoms with Crippen LogP contribution < -0.4 is 0 Å². The maximum Gasteiger partial charge on any atom is 0.152 e. The standard InChI is InChI=1S/C18H23ClFN3O2Si/c1-26(2,3)9-8-25-11-12-10-21-18(22-12)17(24)15-5-4-13(20)14-6-7-16(19)23(14)15/h4-7,10,17,24H,8-9,11H2,1-3H3,(H,21,22). The number of aromatic nitrogens is 3. The number of aliphatic hydroxyl groups excluding tert-OH is 1. The highest BCUT2D eigenvalue weighted by Crippen LogP contribution is 2.27. The zero-order valence-electron chi connectivity index (χ0n) is 15.1. The first-order valence-electron chi connectivity index (χ1n) is 8.51. The molecule has 3 aromatic rings. The van der Waals surface area contributed by atoms with Crippen molar-refractivity contribution >= 4 is 25.2 Å². The lowest BCUT2D eigenvalue weighted by Gasteiger charge is -2.15. The van der Waals surface area contributed by atoms with Crippen molar-refractivity contribution in [2.75, 3.05) is 6.61 Å². The number of hydrogen-bond donors (Lipinski definition) is 2. The Labute approximate surface area is 157 Å². The van der Waals surface area contributed by atoms with Crippen LogP contribution in [0, 0.1) is 5.82 Å². The zero-order valence-corrected chi connectivity index (χ0v) is 16.8. The number of aliphatic hydroxyl groups is 1. The Bertz CT molecular complexity index is 904. The van der Waals surface area contributed by atoms with Crippen molar-refractivity contribution in [2.24, 2.45) is 0 Å². The summed E-state index contributed by atoms with van der Waals surface area (Å²) in [5.41, 5.74) is 1.54. The third-order valence-electron chi connectivity index (χ3n) is 4.18. The van der Waals surface area contributed by atoms with Gasteiger partial charge in [-0.05, 0) is 30.3 Å². The molecular formula is C18H23ClFN3O2Si. The highest BCUT2D eigenvalue weighted by molar-refractivity contribution is 6.76. The van der Waals surface area contributed by atoms with Gasteiger partial charge in [-0.25, -0.2) is 9.37 Å². The molecule has 5 nitrogen and oxygen atoms in total. The first-order valence-corrected chi connectivity index (χ1v) is 12.6. The molecule has 26 heavy (non-hydrogen) atoms. The Hall–Kier alpha value is -1.67. The molecule has 3 aromatic heterocycles. The van der Waals surface area contributed by atoms with E-state index in [9.17, 15) is 9.50 Å². The number of ether oxygens (including phenoxy) is 1. The number of halogens is 2. The molecule has 3 heterocycles. The Morgan fingerprint density at radius 3 is 2.81 bits per heavy atom. The molecule has 3 rings (SSSR count). The number of imidazole rings is 1. The lowest BCUT2D eigenvalue weighted by Crippen LogP contribution is -2.21. The Kier molecular flexibility index (Phi) is 5.52. The van der Waals surface area contributed by atoms with Crippen molar-refractivity contribution < 1.29 is 14.2 Å². The molecule has 1 unspecified atom stereocenters. The second-order valence-electron chi connectivity index (χ2n) is 7.54. The number of nitrogens with zero attached hydrogens (tertiary/aromatic N) is 2. The van der Waals surface area contributed by atoms with Crippen molar-refractivity contribution in [3.8, 4) is 0 Å². The number of H-pyrrole nitrogens is 1. The van der Waals surface area contributed by atoms with Gasteiger partial charge in [0.05, 0.1) is 29.7 Å². The van der Waals surface area contributed by atoms with E-state index in [1.165, 1.54) is 16.5 Å². The minimum atomic E-state index is -1.12. The number of hydrogen-bond acceptors (Lipinski definition) is 3. The molecular weight excluding hydrogens is 373 g/mol. The van der Waals surface area contributed by atoms with Crippen LogP contribution in [0.1, 0.15) is 23.3 Å². The molecule has 2 N–H and O–H groups in total. The maximum atomic E-state index is 13.9. The van der Waals surface area contributed by atoms with Crippen molar-refractivity contribution in [3.63, 3.8) is 0 Å². The fraction of sp³-hybridized carbons (Fsp3) is 0.389. The highest BCUT2D eigenvalue weighted by Gasteiger charge is 2.20. The third-order valence-corrected chi connectivity index (χ3v) is 6.18. The van der Waals surface area contributed by atoms with Crippen LogP contribution in [-0.2, 0) is 11.3 Å². The molecule has 0 saturated carbocycles. The maximum absolute atomic E-state index is 13.9. The fourth-order valence-corrected chi connectivity index (χ4v) is 3.69. The second-order valence-corrected chi connectivity index (χ2v) is 13.6. The Balaban J connectivity index is 1.74. The van der Waals surface area contributed by atoms with Gasteiger partial charge in [0, 0.05) is 14.7 Å². The molecule has 0 aliphatic rings. The lowest BCUT2D eigenvalue weighted by molar-refractivity contribution is 0.130. The van der Waals surface area contributed by atoms with Gasteiger partial charge in [0.2, 0.25) is 0 Å². The van der Waals surface area contributed by atoms with E-state index in [2.05, 4.69) is 29.6 Å². The first-order chi connectivity index (χ1) is 12.3. The van der Waals surface area contributed by atoms with E-state index in [-0.39, 0.29) is 0 Å². The van der Waals surface area contributed by atoms with Crippen LogP contribution in [-0.4, -0.2) is 34.2 Å². The SMILES string of the molecule is C[Si](C)(C)CCOCc1cnc(C(O)c2ccc(F)c3ccc(Cl)n23)[nH]1. The van der Waals surface area contributed by atoms with Gasteiger partial charge in [-0.15, -0.1) is 0 Å². The molecule has 0 fully saturated rings. The van der Waals surface area contributed by atoms with Gasteiger partial charge in [-0.2, -0.15) is 0 Å².